The van der Waals surface area contributed by atoms with Crippen LogP contribution in [-0.4, -0.2) is 37.0 Å². The van der Waals surface area contributed by atoms with Crippen molar-refractivity contribution in [3.05, 3.63) is 69.2 Å². The van der Waals surface area contributed by atoms with Crippen LogP contribution in [0.1, 0.15) is 21.5 Å². The molecule has 0 bridgehead atoms. The number of benzene rings is 2. The highest BCUT2D eigenvalue weighted by Crippen LogP contribution is 2.28. The van der Waals surface area contributed by atoms with Crippen molar-refractivity contribution in [1.82, 2.24) is 4.90 Å². The maximum Gasteiger partial charge on any atom is 0.194 e. The number of halogens is 2. The fraction of sp³-hybridized carbons (Fsp3) is 0.278. The molecule has 1 fully saturated rings. The fourth-order valence-corrected chi connectivity index (χ4v) is 3.09. The summed E-state index contributed by atoms with van der Waals surface area (Å²) >= 11 is 12.2. The monoisotopic (exact) mass is 349 g/mol. The van der Waals surface area contributed by atoms with Crippen LogP contribution in [0, 0.1) is 0 Å². The van der Waals surface area contributed by atoms with Crippen LogP contribution in [0.15, 0.2) is 42.5 Å². The number of carbonyl (C=O) groups is 1. The van der Waals surface area contributed by atoms with Crippen molar-refractivity contribution in [3.8, 4) is 0 Å². The molecule has 2 aromatic carbocycles. The second-order valence-electron chi connectivity index (χ2n) is 5.48. The van der Waals surface area contributed by atoms with E-state index in [0.29, 0.717) is 21.2 Å². The molecule has 3 nitrogen and oxygen atoms in total. The van der Waals surface area contributed by atoms with Gasteiger partial charge in [-0.25, -0.2) is 0 Å². The topological polar surface area (TPSA) is 29.5 Å². The first kappa shape index (κ1) is 16.5. The van der Waals surface area contributed by atoms with Gasteiger partial charge < -0.3 is 4.74 Å². The predicted octanol–water partition coefficient (Wildman–Crippen LogP) is 4.06. The zero-order valence-corrected chi connectivity index (χ0v) is 14.1. The first-order valence-corrected chi connectivity index (χ1v) is 8.29. The van der Waals surface area contributed by atoms with E-state index in [0.717, 1.165) is 38.4 Å². The number of ketones is 1. The molecule has 1 heterocycles. The van der Waals surface area contributed by atoms with E-state index in [9.17, 15) is 4.79 Å². The maximum absolute atomic E-state index is 12.9. The summed E-state index contributed by atoms with van der Waals surface area (Å²) in [4.78, 5) is 15.2. The lowest BCUT2D eigenvalue weighted by Crippen LogP contribution is -2.36. The summed E-state index contributed by atoms with van der Waals surface area (Å²) in [6.07, 6.45) is 0. The van der Waals surface area contributed by atoms with Crippen LogP contribution in [0.4, 0.5) is 0 Å². The van der Waals surface area contributed by atoms with Gasteiger partial charge in [0.1, 0.15) is 0 Å². The Labute approximate surface area is 145 Å². The molecule has 1 aliphatic heterocycles. The Morgan fingerprint density at radius 2 is 1.70 bits per heavy atom. The van der Waals surface area contributed by atoms with E-state index in [4.69, 9.17) is 27.9 Å². The van der Waals surface area contributed by atoms with E-state index in [1.54, 1.807) is 18.2 Å². The standard InChI is InChI=1S/C18H17Cl2NO2/c19-16-7-3-6-15(17(16)20)18(22)14-5-2-1-4-13(14)12-21-8-10-23-11-9-21/h1-7H,8-12H2. The molecule has 1 saturated heterocycles. The molecule has 1 aliphatic rings. The Kier molecular flexibility index (Phi) is 5.34. The van der Waals surface area contributed by atoms with Crippen molar-refractivity contribution in [1.29, 1.82) is 0 Å². The third-order valence-corrected chi connectivity index (χ3v) is 4.77. The van der Waals surface area contributed by atoms with Gasteiger partial charge in [-0.05, 0) is 17.7 Å². The second-order valence-corrected chi connectivity index (χ2v) is 6.26. The number of morpholine rings is 1. The van der Waals surface area contributed by atoms with Crippen molar-refractivity contribution < 1.29 is 9.53 Å². The van der Waals surface area contributed by atoms with E-state index in [-0.39, 0.29) is 5.78 Å². The van der Waals surface area contributed by atoms with Gasteiger partial charge in [-0.3, -0.25) is 9.69 Å². The van der Waals surface area contributed by atoms with E-state index in [1.807, 2.05) is 24.3 Å². The molecular formula is C18H17Cl2NO2. The van der Waals surface area contributed by atoms with Crippen LogP contribution in [0.25, 0.3) is 0 Å². The summed E-state index contributed by atoms with van der Waals surface area (Å²) in [6.45, 7) is 3.94. The van der Waals surface area contributed by atoms with E-state index >= 15 is 0 Å². The number of hydrogen-bond donors (Lipinski definition) is 0. The van der Waals surface area contributed by atoms with Crippen LogP contribution in [0.2, 0.25) is 10.0 Å². The Morgan fingerprint density at radius 3 is 2.48 bits per heavy atom. The highest BCUT2D eigenvalue weighted by molar-refractivity contribution is 6.44. The van der Waals surface area contributed by atoms with Gasteiger partial charge in [0.05, 0.1) is 23.3 Å². The van der Waals surface area contributed by atoms with Crippen molar-refractivity contribution in [3.63, 3.8) is 0 Å². The molecule has 3 rings (SSSR count). The van der Waals surface area contributed by atoms with Gasteiger partial charge in [0.25, 0.3) is 0 Å². The predicted molar refractivity (Wildman–Crippen MR) is 92.4 cm³/mol. The SMILES string of the molecule is O=C(c1ccccc1CN1CCOCC1)c1cccc(Cl)c1Cl. The average molecular weight is 350 g/mol. The third-order valence-electron chi connectivity index (χ3n) is 3.96. The second kappa shape index (κ2) is 7.45. The van der Waals surface area contributed by atoms with Gasteiger partial charge >= 0.3 is 0 Å². The summed E-state index contributed by atoms with van der Waals surface area (Å²) < 4.78 is 5.37. The lowest BCUT2D eigenvalue weighted by atomic mass is 9.98. The molecule has 0 N–H and O–H groups in total. The normalized spacial score (nSPS) is 15.6. The third kappa shape index (κ3) is 3.75. The molecule has 0 aliphatic carbocycles. The van der Waals surface area contributed by atoms with E-state index in [1.165, 1.54) is 0 Å². The average Bonchev–Trinajstić information content (AvgIpc) is 2.58. The van der Waals surface area contributed by atoms with Crippen LogP contribution in [0.5, 0.6) is 0 Å². The Bertz CT molecular complexity index is 712. The summed E-state index contributed by atoms with van der Waals surface area (Å²) in [5, 5.41) is 0.698. The summed E-state index contributed by atoms with van der Waals surface area (Å²) in [6, 6.07) is 12.8. The number of carbonyl (C=O) groups excluding carboxylic acids is 1. The minimum absolute atomic E-state index is 0.0960. The molecule has 0 amide bonds. The molecular weight excluding hydrogens is 333 g/mol. The molecule has 120 valence electrons. The molecule has 0 atom stereocenters. The van der Waals surface area contributed by atoms with Gasteiger partial charge in [-0.15, -0.1) is 0 Å². The fourth-order valence-electron chi connectivity index (χ4n) is 2.70. The Balaban J connectivity index is 1.90. The van der Waals surface area contributed by atoms with Crippen LogP contribution in [0.3, 0.4) is 0 Å². The number of hydrogen-bond acceptors (Lipinski definition) is 3. The summed E-state index contributed by atoms with van der Waals surface area (Å²) in [7, 11) is 0. The quantitative estimate of drug-likeness (QED) is 0.779. The van der Waals surface area contributed by atoms with Crippen LogP contribution in [-0.2, 0) is 11.3 Å². The molecule has 0 unspecified atom stereocenters. The van der Waals surface area contributed by atoms with Crippen molar-refractivity contribution >= 4 is 29.0 Å². The van der Waals surface area contributed by atoms with Crippen LogP contribution < -0.4 is 0 Å². The first-order valence-electron chi connectivity index (χ1n) is 7.53. The van der Waals surface area contributed by atoms with Crippen molar-refractivity contribution in [2.45, 2.75) is 6.54 Å². The van der Waals surface area contributed by atoms with Gasteiger partial charge in [-0.2, -0.15) is 0 Å². The lowest BCUT2D eigenvalue weighted by Gasteiger charge is -2.27. The number of nitrogens with zero attached hydrogens (tertiary/aromatic N) is 1. The van der Waals surface area contributed by atoms with Gasteiger partial charge in [0, 0.05) is 30.8 Å². The first-order chi connectivity index (χ1) is 11.2. The smallest absolute Gasteiger partial charge is 0.194 e. The van der Waals surface area contributed by atoms with Gasteiger partial charge in [-0.1, -0.05) is 53.5 Å². The molecule has 0 spiro atoms. The molecule has 0 radical (unpaired) electrons. The van der Waals surface area contributed by atoms with Crippen molar-refractivity contribution in [2.24, 2.45) is 0 Å². The molecule has 0 saturated carbocycles. The van der Waals surface area contributed by atoms with E-state index in [2.05, 4.69) is 4.90 Å². The highest BCUT2D eigenvalue weighted by atomic mass is 35.5. The minimum Gasteiger partial charge on any atom is -0.379 e. The Hall–Kier alpha value is -1.39. The molecule has 23 heavy (non-hydrogen) atoms. The molecule has 2 aromatic rings. The molecule has 5 heteroatoms. The summed E-state index contributed by atoms with van der Waals surface area (Å²) in [5.74, 6) is -0.0960. The Morgan fingerprint density at radius 1 is 1.00 bits per heavy atom. The van der Waals surface area contributed by atoms with Crippen LogP contribution >= 0.6 is 23.2 Å². The van der Waals surface area contributed by atoms with Crippen molar-refractivity contribution in [2.75, 3.05) is 26.3 Å². The largest absolute Gasteiger partial charge is 0.379 e. The number of ether oxygens (including phenoxy) is 1. The van der Waals surface area contributed by atoms with Gasteiger partial charge in [0.15, 0.2) is 5.78 Å². The summed E-state index contributed by atoms with van der Waals surface area (Å²) in [5.41, 5.74) is 2.10. The molecule has 0 aromatic heterocycles. The highest BCUT2D eigenvalue weighted by Gasteiger charge is 2.19. The zero-order chi connectivity index (χ0) is 16.2. The van der Waals surface area contributed by atoms with E-state index < -0.39 is 0 Å². The zero-order valence-electron chi connectivity index (χ0n) is 12.6. The maximum atomic E-state index is 12.9. The number of rotatable bonds is 4. The minimum atomic E-state index is -0.0960. The lowest BCUT2D eigenvalue weighted by molar-refractivity contribution is 0.0341. The van der Waals surface area contributed by atoms with Gasteiger partial charge in [0.2, 0.25) is 0 Å².